The molecule has 0 spiro atoms. The molecule has 0 saturated heterocycles. The van der Waals surface area contributed by atoms with Gasteiger partial charge in [-0.3, -0.25) is 9.59 Å². The van der Waals surface area contributed by atoms with Gasteiger partial charge in [0.05, 0.1) is 11.8 Å². The van der Waals surface area contributed by atoms with Crippen LogP contribution in [0.15, 0.2) is 0 Å². The zero-order chi connectivity index (χ0) is 14.1. The van der Waals surface area contributed by atoms with E-state index in [1.807, 2.05) is 0 Å². The van der Waals surface area contributed by atoms with Gasteiger partial charge < -0.3 is 10.4 Å². The summed E-state index contributed by atoms with van der Waals surface area (Å²) in [6.45, 7) is 3.23. The van der Waals surface area contributed by atoms with Gasteiger partial charge in [-0.15, -0.1) is 0 Å². The normalized spacial score (nSPS) is 25.6. The third-order valence-electron chi connectivity index (χ3n) is 3.31. The van der Waals surface area contributed by atoms with Crippen molar-refractivity contribution in [3.05, 3.63) is 0 Å². The fourth-order valence-corrected chi connectivity index (χ4v) is 2.20. The number of carbonyl (C=O) groups excluding carboxylic acids is 1. The Balaban J connectivity index is 2.33. The molecule has 1 aliphatic rings. The zero-order valence-corrected chi connectivity index (χ0v) is 10.2. The molecule has 18 heavy (non-hydrogen) atoms. The minimum atomic E-state index is -4.23. The van der Waals surface area contributed by atoms with E-state index in [1.165, 1.54) is 0 Å². The molecule has 0 aromatic carbocycles. The summed E-state index contributed by atoms with van der Waals surface area (Å²) in [5, 5.41) is 11.2. The molecule has 1 fully saturated rings. The van der Waals surface area contributed by atoms with Gasteiger partial charge in [0.15, 0.2) is 0 Å². The molecule has 2 atom stereocenters. The minimum Gasteiger partial charge on any atom is -0.481 e. The second-order valence-corrected chi connectivity index (χ2v) is 5.12. The lowest BCUT2D eigenvalue weighted by Crippen LogP contribution is -2.29. The highest BCUT2D eigenvalue weighted by Gasteiger charge is 2.65. The number of nitrogens with one attached hydrogen (secondary N) is 1. The van der Waals surface area contributed by atoms with Gasteiger partial charge in [-0.05, 0) is 11.8 Å². The number of carboxylic acid groups (broad SMARTS) is 1. The molecule has 0 radical (unpaired) electrons. The van der Waals surface area contributed by atoms with Gasteiger partial charge in [-0.1, -0.05) is 13.8 Å². The Morgan fingerprint density at radius 3 is 2.22 bits per heavy atom. The van der Waals surface area contributed by atoms with Crippen molar-refractivity contribution in [2.45, 2.75) is 32.9 Å². The Labute approximate surface area is 103 Å². The number of aliphatic carboxylic acids is 1. The van der Waals surface area contributed by atoms with Crippen LogP contribution in [0.4, 0.5) is 13.2 Å². The van der Waals surface area contributed by atoms with Crippen LogP contribution in [0.3, 0.4) is 0 Å². The molecule has 1 amide bonds. The average molecular weight is 267 g/mol. The highest BCUT2D eigenvalue weighted by atomic mass is 19.4. The van der Waals surface area contributed by atoms with Crippen LogP contribution >= 0.6 is 0 Å². The van der Waals surface area contributed by atoms with Crippen LogP contribution in [0.2, 0.25) is 0 Å². The third kappa shape index (κ3) is 3.36. The fraction of sp³-hybridized carbons (Fsp3) is 0.818. The summed E-state index contributed by atoms with van der Waals surface area (Å²) in [7, 11) is 0. The van der Waals surface area contributed by atoms with Gasteiger partial charge >= 0.3 is 12.1 Å². The molecular formula is C11H16F3NO3. The first-order chi connectivity index (χ1) is 8.07. The van der Waals surface area contributed by atoms with Crippen LogP contribution in [-0.2, 0) is 9.59 Å². The van der Waals surface area contributed by atoms with Crippen molar-refractivity contribution >= 4 is 11.9 Å². The molecule has 0 aromatic rings. The maximum atomic E-state index is 11.9. The smallest absolute Gasteiger partial charge is 0.389 e. The molecule has 2 N–H and O–H groups in total. The number of amides is 1. The summed E-state index contributed by atoms with van der Waals surface area (Å²) in [4.78, 5) is 22.4. The molecule has 0 bridgehead atoms. The molecule has 104 valence electrons. The van der Waals surface area contributed by atoms with Crippen molar-refractivity contribution < 1.29 is 27.9 Å². The molecule has 0 aliphatic heterocycles. The van der Waals surface area contributed by atoms with Crippen LogP contribution in [0.25, 0.3) is 0 Å². The van der Waals surface area contributed by atoms with E-state index in [0.717, 1.165) is 0 Å². The summed E-state index contributed by atoms with van der Waals surface area (Å²) in [6, 6.07) is 0. The van der Waals surface area contributed by atoms with Gasteiger partial charge in [0, 0.05) is 13.0 Å². The zero-order valence-electron chi connectivity index (χ0n) is 10.2. The summed E-state index contributed by atoms with van der Waals surface area (Å²) in [6.07, 6.45) is -5.38. The van der Waals surface area contributed by atoms with Crippen molar-refractivity contribution in [1.82, 2.24) is 5.32 Å². The van der Waals surface area contributed by atoms with E-state index in [-0.39, 0.29) is 13.0 Å². The van der Waals surface area contributed by atoms with E-state index in [9.17, 15) is 22.8 Å². The van der Waals surface area contributed by atoms with E-state index < -0.39 is 41.7 Å². The van der Waals surface area contributed by atoms with Crippen molar-refractivity contribution in [1.29, 1.82) is 0 Å². The van der Waals surface area contributed by atoms with Crippen LogP contribution in [0.1, 0.15) is 26.7 Å². The number of hydrogen-bond acceptors (Lipinski definition) is 2. The van der Waals surface area contributed by atoms with Gasteiger partial charge in [0.2, 0.25) is 5.91 Å². The SMILES string of the molecule is CC1(C)C(C(=O)O)C1C(=O)NCCCC(F)(F)F. The van der Waals surface area contributed by atoms with Gasteiger partial charge in [0.25, 0.3) is 0 Å². The Kier molecular flexibility index (Phi) is 3.92. The first-order valence-corrected chi connectivity index (χ1v) is 5.64. The highest BCUT2D eigenvalue weighted by Crippen LogP contribution is 2.58. The molecular weight excluding hydrogens is 251 g/mol. The first kappa shape index (κ1) is 14.8. The fourth-order valence-electron chi connectivity index (χ4n) is 2.20. The first-order valence-electron chi connectivity index (χ1n) is 5.64. The van der Waals surface area contributed by atoms with E-state index in [1.54, 1.807) is 13.8 Å². The van der Waals surface area contributed by atoms with Gasteiger partial charge in [-0.25, -0.2) is 0 Å². The summed E-state index contributed by atoms with van der Waals surface area (Å²) in [5.74, 6) is -2.92. The second-order valence-electron chi connectivity index (χ2n) is 5.12. The van der Waals surface area contributed by atoms with Crippen LogP contribution in [0.5, 0.6) is 0 Å². The Morgan fingerprint density at radius 2 is 1.83 bits per heavy atom. The largest absolute Gasteiger partial charge is 0.481 e. The predicted molar refractivity (Wildman–Crippen MR) is 56.7 cm³/mol. The quantitative estimate of drug-likeness (QED) is 0.746. The lowest BCUT2D eigenvalue weighted by Gasteiger charge is -2.08. The highest BCUT2D eigenvalue weighted by molar-refractivity contribution is 5.91. The number of alkyl halides is 3. The maximum Gasteiger partial charge on any atom is 0.389 e. The minimum absolute atomic E-state index is 0.0860. The second kappa shape index (κ2) is 4.78. The Hall–Kier alpha value is -1.27. The van der Waals surface area contributed by atoms with Crippen molar-refractivity contribution in [2.24, 2.45) is 17.3 Å². The van der Waals surface area contributed by atoms with E-state index in [4.69, 9.17) is 5.11 Å². The van der Waals surface area contributed by atoms with Crippen LogP contribution in [-0.4, -0.2) is 29.7 Å². The third-order valence-corrected chi connectivity index (χ3v) is 3.31. The number of carboxylic acids is 1. The van der Waals surface area contributed by atoms with E-state index in [0.29, 0.717) is 0 Å². The van der Waals surface area contributed by atoms with Crippen molar-refractivity contribution in [3.8, 4) is 0 Å². The number of rotatable bonds is 5. The lowest BCUT2D eigenvalue weighted by atomic mass is 10.1. The van der Waals surface area contributed by atoms with Crippen LogP contribution < -0.4 is 5.32 Å². The topological polar surface area (TPSA) is 66.4 Å². The molecule has 2 unspecified atom stereocenters. The molecule has 0 aromatic heterocycles. The van der Waals surface area contributed by atoms with Gasteiger partial charge in [0.1, 0.15) is 0 Å². The monoisotopic (exact) mass is 267 g/mol. The molecule has 1 aliphatic carbocycles. The summed E-state index contributed by atoms with van der Waals surface area (Å²) in [5.41, 5.74) is -0.625. The molecule has 7 heteroatoms. The van der Waals surface area contributed by atoms with Crippen LogP contribution in [0, 0.1) is 17.3 Å². The number of hydrogen-bond donors (Lipinski definition) is 2. The predicted octanol–water partition coefficient (Wildman–Crippen LogP) is 1.80. The molecule has 1 rings (SSSR count). The standard InChI is InChI=1S/C11H16F3NO3/c1-10(2)6(7(10)9(17)18)8(16)15-5-3-4-11(12,13)14/h6-7H,3-5H2,1-2H3,(H,15,16)(H,17,18). The van der Waals surface area contributed by atoms with Gasteiger partial charge in [-0.2, -0.15) is 13.2 Å². The van der Waals surface area contributed by atoms with E-state index in [2.05, 4.69) is 5.32 Å². The van der Waals surface area contributed by atoms with Crippen molar-refractivity contribution in [3.63, 3.8) is 0 Å². The molecule has 0 heterocycles. The Bertz CT molecular complexity index is 352. The van der Waals surface area contributed by atoms with E-state index >= 15 is 0 Å². The molecule has 1 saturated carbocycles. The number of carbonyl (C=O) groups is 2. The lowest BCUT2D eigenvalue weighted by molar-refractivity contribution is -0.140. The molecule has 4 nitrogen and oxygen atoms in total. The van der Waals surface area contributed by atoms with Crippen molar-refractivity contribution in [2.75, 3.05) is 6.54 Å². The average Bonchev–Trinajstić information content (AvgIpc) is 2.75. The maximum absolute atomic E-state index is 11.9. The Morgan fingerprint density at radius 1 is 1.28 bits per heavy atom. The summed E-state index contributed by atoms with van der Waals surface area (Å²) < 4.78 is 35.6. The number of halogens is 3. The summed E-state index contributed by atoms with van der Waals surface area (Å²) >= 11 is 0.